The van der Waals surface area contributed by atoms with Crippen molar-refractivity contribution in [2.75, 3.05) is 7.11 Å². The maximum atomic E-state index is 13.1. The highest BCUT2D eigenvalue weighted by Crippen LogP contribution is 2.37. The molecule has 0 aliphatic carbocycles. The lowest BCUT2D eigenvalue weighted by Crippen LogP contribution is -2.40. The van der Waals surface area contributed by atoms with Crippen LogP contribution in [0, 0.1) is 0 Å². The molecule has 1 aromatic carbocycles. The van der Waals surface area contributed by atoms with Crippen molar-refractivity contribution in [3.63, 3.8) is 0 Å². The largest absolute Gasteiger partial charge is 0.500 e. The van der Waals surface area contributed by atoms with Crippen molar-refractivity contribution in [1.29, 1.82) is 0 Å². The number of halogens is 5. The summed E-state index contributed by atoms with van der Waals surface area (Å²) in [4.78, 5) is 36.1. The molecule has 0 saturated carbocycles. The first kappa shape index (κ1) is 24.9. The Morgan fingerprint density at radius 2 is 1.84 bits per heavy atom. The number of ether oxygens (including phenoxy) is 1. The third-order valence-corrected chi connectivity index (χ3v) is 5.96. The van der Waals surface area contributed by atoms with E-state index < -0.39 is 34.3 Å². The summed E-state index contributed by atoms with van der Waals surface area (Å²) in [5.74, 6) is -1.13. The van der Waals surface area contributed by atoms with E-state index in [2.05, 4.69) is 0 Å². The van der Waals surface area contributed by atoms with Crippen LogP contribution >= 0.6 is 35.0 Å². The lowest BCUT2D eigenvalue weighted by molar-refractivity contribution is -0.144. The Morgan fingerprint density at radius 1 is 1.23 bits per heavy atom. The second-order valence-electron chi connectivity index (χ2n) is 6.13. The topological polar surface area (TPSA) is 90.5 Å². The van der Waals surface area contributed by atoms with Crippen molar-refractivity contribution in [2.45, 2.75) is 23.2 Å². The third kappa shape index (κ3) is 5.46. The molecule has 1 N–H and O–H groups in total. The van der Waals surface area contributed by atoms with Crippen LogP contribution in [0.25, 0.3) is 5.69 Å². The highest BCUT2D eigenvalue weighted by molar-refractivity contribution is 8.00. The first-order valence-corrected chi connectivity index (χ1v) is 9.96. The molecule has 1 heterocycles. The quantitative estimate of drug-likeness (QED) is 0.368. The van der Waals surface area contributed by atoms with Crippen LogP contribution in [0.4, 0.5) is 13.2 Å². The summed E-state index contributed by atoms with van der Waals surface area (Å²) in [6.45, 7) is 1.62. The average molecular weight is 499 g/mol. The van der Waals surface area contributed by atoms with Crippen LogP contribution in [-0.2, 0) is 22.8 Å². The number of methoxy groups -OCH3 is 1. The average Bonchev–Trinajstić information content (AvgIpc) is 2.64. The number of hydrogen-bond acceptors (Lipinski definition) is 5. The summed E-state index contributed by atoms with van der Waals surface area (Å²) in [7, 11) is 2.16. The number of nitrogens with zero attached hydrogens (tertiary/aromatic N) is 2. The number of carboxylic acid groups (broad SMARTS) is 1. The number of aromatic nitrogens is 2. The van der Waals surface area contributed by atoms with Crippen LogP contribution in [0.15, 0.2) is 44.5 Å². The Bertz CT molecular complexity index is 1170. The van der Waals surface area contributed by atoms with Crippen molar-refractivity contribution >= 4 is 40.9 Å². The highest BCUT2D eigenvalue weighted by Gasteiger charge is 2.35. The molecule has 0 saturated heterocycles. The van der Waals surface area contributed by atoms with Gasteiger partial charge in [0, 0.05) is 18.0 Å². The number of benzene rings is 1. The fraction of sp³-hybridized carbons (Fsp3) is 0.278. The number of thioether (sulfide) groups is 1. The van der Waals surface area contributed by atoms with E-state index >= 15 is 0 Å². The van der Waals surface area contributed by atoms with E-state index in [0.29, 0.717) is 15.2 Å². The summed E-state index contributed by atoms with van der Waals surface area (Å²) in [6, 6.07) is 2.78. The number of hydrogen-bond donors (Lipinski definition) is 1. The van der Waals surface area contributed by atoms with Crippen molar-refractivity contribution in [2.24, 2.45) is 7.05 Å². The lowest BCUT2D eigenvalue weighted by atomic mass is 10.3. The van der Waals surface area contributed by atoms with Gasteiger partial charge in [0.1, 0.15) is 11.5 Å². The van der Waals surface area contributed by atoms with Gasteiger partial charge in [0.25, 0.3) is 5.56 Å². The SMILES string of the molecule is CO/C(=C\C(=O)O)C(C)Sc1cc(-n2c(=O)cc(C(F)(F)F)n(C)c2=O)c(Cl)cc1Cl. The zero-order valence-corrected chi connectivity index (χ0v) is 18.5. The second kappa shape index (κ2) is 9.41. The predicted molar refractivity (Wildman–Crippen MR) is 110 cm³/mol. The number of carboxylic acids is 1. The van der Waals surface area contributed by atoms with Gasteiger partial charge >= 0.3 is 17.8 Å². The summed E-state index contributed by atoms with van der Waals surface area (Å²) in [5.41, 5.74) is -4.07. The molecule has 0 radical (unpaired) electrons. The molecule has 7 nitrogen and oxygen atoms in total. The van der Waals surface area contributed by atoms with Gasteiger partial charge in [0.05, 0.1) is 34.2 Å². The number of rotatable bonds is 6. The molecule has 31 heavy (non-hydrogen) atoms. The molecular weight excluding hydrogens is 484 g/mol. The minimum atomic E-state index is -4.90. The van der Waals surface area contributed by atoms with E-state index in [-0.39, 0.29) is 26.4 Å². The molecule has 13 heteroatoms. The third-order valence-electron chi connectivity index (χ3n) is 4.06. The van der Waals surface area contributed by atoms with Crippen LogP contribution in [0.5, 0.6) is 0 Å². The van der Waals surface area contributed by atoms with Gasteiger partial charge in [-0.25, -0.2) is 14.2 Å². The molecule has 0 aliphatic heterocycles. The first-order chi connectivity index (χ1) is 14.3. The van der Waals surface area contributed by atoms with Gasteiger partial charge in [-0.1, -0.05) is 23.2 Å². The Labute approximate surface area is 187 Å². The maximum Gasteiger partial charge on any atom is 0.431 e. The van der Waals surface area contributed by atoms with Crippen molar-refractivity contribution in [3.05, 3.63) is 66.6 Å². The molecule has 1 atom stereocenters. The minimum absolute atomic E-state index is 0.104. The van der Waals surface area contributed by atoms with Gasteiger partial charge in [-0.15, -0.1) is 11.8 Å². The molecule has 2 aromatic rings. The molecule has 0 aliphatic rings. The molecule has 1 unspecified atom stereocenters. The van der Waals surface area contributed by atoms with E-state index in [1.165, 1.54) is 19.2 Å². The van der Waals surface area contributed by atoms with Gasteiger partial charge in [-0.2, -0.15) is 13.2 Å². The van der Waals surface area contributed by atoms with Crippen LogP contribution < -0.4 is 11.2 Å². The van der Waals surface area contributed by atoms with Gasteiger partial charge in [-0.3, -0.25) is 9.36 Å². The molecule has 2 rings (SSSR count). The van der Waals surface area contributed by atoms with E-state index in [1.807, 2.05) is 0 Å². The molecular formula is C18H15Cl2F3N2O5S. The van der Waals surface area contributed by atoms with E-state index in [0.717, 1.165) is 24.9 Å². The second-order valence-corrected chi connectivity index (χ2v) is 8.32. The Morgan fingerprint density at radius 3 is 2.35 bits per heavy atom. The van der Waals surface area contributed by atoms with E-state index in [1.54, 1.807) is 6.92 Å². The summed E-state index contributed by atoms with van der Waals surface area (Å²) in [5, 5.41) is 8.33. The summed E-state index contributed by atoms with van der Waals surface area (Å²) < 4.78 is 45.0. The molecule has 168 valence electrons. The zero-order chi connectivity index (χ0) is 23.7. The molecule has 1 aromatic heterocycles. The summed E-state index contributed by atoms with van der Waals surface area (Å²) in [6.07, 6.45) is -4.04. The van der Waals surface area contributed by atoms with Crippen LogP contribution in [0.1, 0.15) is 12.6 Å². The monoisotopic (exact) mass is 498 g/mol. The Balaban J connectivity index is 2.64. The zero-order valence-electron chi connectivity index (χ0n) is 16.2. The minimum Gasteiger partial charge on any atom is -0.500 e. The fourth-order valence-electron chi connectivity index (χ4n) is 2.61. The van der Waals surface area contributed by atoms with Gasteiger partial charge < -0.3 is 9.84 Å². The van der Waals surface area contributed by atoms with Gasteiger partial charge in [-0.05, 0) is 19.1 Å². The van der Waals surface area contributed by atoms with Gasteiger partial charge in [0.15, 0.2) is 0 Å². The molecule has 0 spiro atoms. The fourth-order valence-corrected chi connectivity index (χ4v) is 4.23. The van der Waals surface area contributed by atoms with Crippen molar-refractivity contribution in [3.8, 4) is 5.69 Å². The van der Waals surface area contributed by atoms with Crippen LogP contribution in [0.3, 0.4) is 0 Å². The summed E-state index contributed by atoms with van der Waals surface area (Å²) >= 11 is 13.3. The highest BCUT2D eigenvalue weighted by atomic mass is 35.5. The van der Waals surface area contributed by atoms with E-state index in [4.69, 9.17) is 33.0 Å². The van der Waals surface area contributed by atoms with Crippen LogP contribution in [-0.4, -0.2) is 32.6 Å². The molecule has 0 fully saturated rings. The van der Waals surface area contributed by atoms with Crippen LogP contribution in [0.2, 0.25) is 10.0 Å². The molecule has 0 bridgehead atoms. The standard InChI is InChI=1S/C18H15Cl2F3N2O5S/c1-8(12(30-3)6-16(27)28)31-13-5-11(9(19)4-10(13)20)25-15(26)7-14(18(21,22)23)24(2)17(25)29/h4-8H,1-3H3,(H,27,28)/b12-6-. The van der Waals surface area contributed by atoms with Crippen molar-refractivity contribution < 1.29 is 27.8 Å². The Kier molecular flexibility index (Phi) is 7.56. The first-order valence-electron chi connectivity index (χ1n) is 8.32. The number of aliphatic carboxylic acids is 1. The maximum absolute atomic E-state index is 13.1. The normalized spacial score (nSPS) is 13.2. The van der Waals surface area contributed by atoms with Gasteiger partial charge in [0.2, 0.25) is 0 Å². The number of carbonyl (C=O) groups is 1. The van der Waals surface area contributed by atoms with Crippen molar-refractivity contribution in [1.82, 2.24) is 9.13 Å². The smallest absolute Gasteiger partial charge is 0.431 e. The predicted octanol–water partition coefficient (Wildman–Crippen LogP) is 3.96. The molecule has 0 amide bonds. The number of alkyl halides is 3. The lowest BCUT2D eigenvalue weighted by Gasteiger charge is -2.18. The Hall–Kier alpha value is -2.37. The van der Waals surface area contributed by atoms with E-state index in [9.17, 15) is 27.6 Å².